The van der Waals surface area contributed by atoms with E-state index in [1.54, 1.807) is 0 Å². The van der Waals surface area contributed by atoms with E-state index in [4.69, 9.17) is 0 Å². The quantitative estimate of drug-likeness (QED) is 0.790. The van der Waals surface area contributed by atoms with Crippen LogP contribution in [0.2, 0.25) is 0 Å². The van der Waals surface area contributed by atoms with Gasteiger partial charge in [0.05, 0.1) is 17.4 Å². The molecule has 1 heterocycles. The van der Waals surface area contributed by atoms with Crippen molar-refractivity contribution in [3.8, 4) is 5.69 Å². The summed E-state index contributed by atoms with van der Waals surface area (Å²) >= 11 is 0. The molecule has 1 N–H and O–H groups in total. The van der Waals surface area contributed by atoms with Crippen molar-refractivity contribution in [1.29, 1.82) is 0 Å². The first-order chi connectivity index (χ1) is 11.5. The van der Waals surface area contributed by atoms with Gasteiger partial charge in [-0.05, 0) is 56.7 Å². The maximum atomic E-state index is 12.4. The number of amides is 1. The lowest BCUT2D eigenvalue weighted by Gasteiger charge is -2.14. The summed E-state index contributed by atoms with van der Waals surface area (Å²) in [4.78, 5) is 12.4. The Hall–Kier alpha value is -2.88. The van der Waals surface area contributed by atoms with Gasteiger partial charge in [0, 0.05) is 11.3 Å². The summed E-state index contributed by atoms with van der Waals surface area (Å²) in [6.45, 7) is 5.97. The average Bonchev–Trinajstić information content (AvgIpc) is 2.94. The number of hydrogen-bond donors (Lipinski definition) is 1. The maximum Gasteiger partial charge on any atom is 0.251 e. The van der Waals surface area contributed by atoms with Crippen LogP contribution in [0.5, 0.6) is 0 Å². The van der Waals surface area contributed by atoms with Crippen LogP contribution in [0.4, 0.5) is 0 Å². The van der Waals surface area contributed by atoms with Crippen molar-refractivity contribution in [2.75, 3.05) is 0 Å². The molecule has 24 heavy (non-hydrogen) atoms. The van der Waals surface area contributed by atoms with Crippen molar-refractivity contribution < 1.29 is 4.79 Å². The van der Waals surface area contributed by atoms with Gasteiger partial charge in [0.25, 0.3) is 5.91 Å². The van der Waals surface area contributed by atoms with Crippen molar-refractivity contribution in [2.24, 2.45) is 0 Å². The molecule has 0 saturated heterocycles. The van der Waals surface area contributed by atoms with E-state index in [1.807, 2.05) is 86.1 Å². The summed E-state index contributed by atoms with van der Waals surface area (Å²) in [5, 5.41) is 7.48. The molecule has 2 aromatic carbocycles. The third-order valence-corrected chi connectivity index (χ3v) is 4.03. The molecule has 0 fully saturated rings. The van der Waals surface area contributed by atoms with Crippen LogP contribution in [0.15, 0.2) is 60.7 Å². The first-order valence-corrected chi connectivity index (χ1v) is 8.04. The van der Waals surface area contributed by atoms with E-state index in [0.717, 1.165) is 22.6 Å². The fourth-order valence-electron chi connectivity index (χ4n) is 2.75. The van der Waals surface area contributed by atoms with Gasteiger partial charge >= 0.3 is 0 Å². The zero-order chi connectivity index (χ0) is 17.1. The van der Waals surface area contributed by atoms with Crippen LogP contribution in [-0.2, 0) is 0 Å². The van der Waals surface area contributed by atoms with Gasteiger partial charge in [0.1, 0.15) is 0 Å². The minimum absolute atomic E-state index is 0.0330. The van der Waals surface area contributed by atoms with Crippen LogP contribution in [0.1, 0.15) is 40.3 Å². The Labute approximate surface area is 142 Å². The second-order valence-electron chi connectivity index (χ2n) is 5.99. The molecule has 3 rings (SSSR count). The lowest BCUT2D eigenvalue weighted by molar-refractivity contribution is 0.0940. The molecule has 1 aromatic heterocycles. The zero-order valence-corrected chi connectivity index (χ0v) is 14.2. The molecule has 1 amide bonds. The molecule has 0 bridgehead atoms. The van der Waals surface area contributed by atoms with Gasteiger partial charge in [-0.25, -0.2) is 4.68 Å². The van der Waals surface area contributed by atoms with E-state index in [2.05, 4.69) is 10.4 Å². The van der Waals surface area contributed by atoms with Crippen LogP contribution in [0.25, 0.3) is 5.69 Å². The molecule has 0 aliphatic carbocycles. The van der Waals surface area contributed by atoms with Gasteiger partial charge in [-0.3, -0.25) is 4.79 Å². The Bertz CT molecular complexity index is 835. The molecular formula is C20H21N3O. The van der Waals surface area contributed by atoms with Gasteiger partial charge in [-0.2, -0.15) is 5.10 Å². The van der Waals surface area contributed by atoms with Crippen molar-refractivity contribution in [3.63, 3.8) is 0 Å². The van der Waals surface area contributed by atoms with Crippen molar-refractivity contribution >= 4 is 5.91 Å². The second-order valence-corrected chi connectivity index (χ2v) is 5.99. The van der Waals surface area contributed by atoms with E-state index >= 15 is 0 Å². The zero-order valence-electron chi connectivity index (χ0n) is 14.2. The Kier molecular flexibility index (Phi) is 4.47. The van der Waals surface area contributed by atoms with Gasteiger partial charge in [-0.15, -0.1) is 0 Å². The number of aryl methyl sites for hydroxylation is 2. The highest BCUT2D eigenvalue weighted by Gasteiger charge is 2.12. The number of carbonyl (C=O) groups excluding carboxylic acids is 1. The van der Waals surface area contributed by atoms with Gasteiger partial charge in [-0.1, -0.05) is 30.3 Å². The van der Waals surface area contributed by atoms with Crippen LogP contribution in [0.3, 0.4) is 0 Å². The monoisotopic (exact) mass is 319 g/mol. The largest absolute Gasteiger partial charge is 0.346 e. The fourth-order valence-corrected chi connectivity index (χ4v) is 2.75. The summed E-state index contributed by atoms with van der Waals surface area (Å²) in [5.74, 6) is -0.0775. The molecular weight excluding hydrogens is 298 g/mol. The summed E-state index contributed by atoms with van der Waals surface area (Å²) in [7, 11) is 0. The van der Waals surface area contributed by atoms with Crippen LogP contribution in [-0.4, -0.2) is 15.7 Å². The fraction of sp³-hybridized carbons (Fsp3) is 0.200. The lowest BCUT2D eigenvalue weighted by Crippen LogP contribution is -2.26. The van der Waals surface area contributed by atoms with E-state index in [9.17, 15) is 4.79 Å². The molecule has 0 unspecified atom stereocenters. The molecule has 0 aliphatic heterocycles. The predicted octanol–water partition coefficient (Wildman–Crippen LogP) is 3.98. The number of nitrogens with one attached hydrogen (secondary N) is 1. The molecule has 3 aromatic rings. The van der Waals surface area contributed by atoms with E-state index in [0.29, 0.717) is 5.56 Å². The van der Waals surface area contributed by atoms with E-state index in [-0.39, 0.29) is 11.9 Å². The number of nitrogens with zero attached hydrogens (tertiary/aromatic N) is 2. The van der Waals surface area contributed by atoms with Gasteiger partial charge in [0.2, 0.25) is 0 Å². The Morgan fingerprint density at radius 2 is 1.71 bits per heavy atom. The summed E-state index contributed by atoms with van der Waals surface area (Å²) in [5.41, 5.74) is 4.73. The van der Waals surface area contributed by atoms with E-state index in [1.165, 1.54) is 0 Å². The highest BCUT2D eigenvalue weighted by molar-refractivity contribution is 5.94. The number of hydrogen-bond acceptors (Lipinski definition) is 2. The molecule has 0 saturated carbocycles. The van der Waals surface area contributed by atoms with Crippen molar-refractivity contribution in [1.82, 2.24) is 15.1 Å². The molecule has 122 valence electrons. The van der Waals surface area contributed by atoms with E-state index < -0.39 is 0 Å². The highest BCUT2D eigenvalue weighted by Crippen LogP contribution is 2.15. The SMILES string of the molecule is Cc1cc(C)n(-c2ccc(C(=O)N[C@H](C)c3ccccc3)cc2)n1. The number of aromatic nitrogens is 2. The standard InChI is InChI=1S/C20H21N3O/c1-14-13-15(2)23(22-14)19-11-9-18(10-12-19)20(24)21-16(3)17-7-5-4-6-8-17/h4-13,16H,1-3H3,(H,21,24)/t16-/m1/s1. The molecule has 0 spiro atoms. The first-order valence-electron chi connectivity index (χ1n) is 8.04. The number of carbonyl (C=O) groups is 1. The maximum absolute atomic E-state index is 12.4. The van der Waals surface area contributed by atoms with Crippen LogP contribution >= 0.6 is 0 Å². The summed E-state index contributed by atoms with van der Waals surface area (Å²) < 4.78 is 1.88. The van der Waals surface area contributed by atoms with Crippen molar-refractivity contribution in [2.45, 2.75) is 26.8 Å². The van der Waals surface area contributed by atoms with Crippen LogP contribution in [0, 0.1) is 13.8 Å². The van der Waals surface area contributed by atoms with Crippen LogP contribution < -0.4 is 5.32 Å². The molecule has 4 heteroatoms. The Morgan fingerprint density at radius 3 is 2.29 bits per heavy atom. The Morgan fingerprint density at radius 1 is 1.04 bits per heavy atom. The van der Waals surface area contributed by atoms with Gasteiger partial charge in [0.15, 0.2) is 0 Å². The smallest absolute Gasteiger partial charge is 0.251 e. The Balaban J connectivity index is 1.73. The first kappa shape index (κ1) is 16.0. The second kappa shape index (κ2) is 6.71. The molecule has 4 nitrogen and oxygen atoms in total. The molecule has 0 aliphatic rings. The third-order valence-electron chi connectivity index (χ3n) is 4.03. The third kappa shape index (κ3) is 3.38. The normalized spacial score (nSPS) is 12.0. The number of benzene rings is 2. The van der Waals surface area contributed by atoms with Crippen molar-refractivity contribution in [3.05, 3.63) is 83.2 Å². The molecule has 1 atom stereocenters. The minimum atomic E-state index is -0.0775. The summed E-state index contributed by atoms with van der Waals surface area (Å²) in [6, 6.07) is 19.4. The lowest BCUT2D eigenvalue weighted by atomic mass is 10.1. The molecule has 0 radical (unpaired) electrons. The highest BCUT2D eigenvalue weighted by atomic mass is 16.1. The van der Waals surface area contributed by atoms with Gasteiger partial charge < -0.3 is 5.32 Å². The number of rotatable bonds is 4. The average molecular weight is 319 g/mol. The predicted molar refractivity (Wildman–Crippen MR) is 95.4 cm³/mol. The topological polar surface area (TPSA) is 46.9 Å². The summed E-state index contributed by atoms with van der Waals surface area (Å²) in [6.07, 6.45) is 0. The minimum Gasteiger partial charge on any atom is -0.346 e.